The summed E-state index contributed by atoms with van der Waals surface area (Å²) in [4.78, 5) is 7.45. The molecule has 0 radical (unpaired) electrons. The van der Waals surface area contributed by atoms with Crippen molar-refractivity contribution in [3.8, 4) is 0 Å². The Bertz CT molecular complexity index is 256. The van der Waals surface area contributed by atoms with Gasteiger partial charge in [0.25, 0.3) is 0 Å². The van der Waals surface area contributed by atoms with Gasteiger partial charge in [-0.2, -0.15) is 0 Å². The number of hydrogen-bond donors (Lipinski definition) is 0. The predicted molar refractivity (Wildman–Crippen MR) is 76.7 cm³/mol. The van der Waals surface area contributed by atoms with E-state index in [0.29, 0.717) is 6.04 Å². The fourth-order valence-electron chi connectivity index (χ4n) is 2.84. The van der Waals surface area contributed by atoms with Crippen LogP contribution in [0.2, 0.25) is 0 Å². The zero-order chi connectivity index (χ0) is 12.9. The van der Waals surface area contributed by atoms with Crippen LogP contribution in [0.5, 0.6) is 0 Å². The molecule has 0 aromatic heterocycles. The van der Waals surface area contributed by atoms with Crippen molar-refractivity contribution in [1.29, 1.82) is 0 Å². The summed E-state index contributed by atoms with van der Waals surface area (Å²) >= 11 is 0. The van der Waals surface area contributed by atoms with Crippen LogP contribution in [-0.2, 0) is 0 Å². The van der Waals surface area contributed by atoms with E-state index in [1.54, 1.807) is 0 Å². The van der Waals surface area contributed by atoms with Gasteiger partial charge in [0.1, 0.15) is 5.84 Å². The largest absolute Gasteiger partial charge is 0.357 e. The van der Waals surface area contributed by atoms with Crippen molar-refractivity contribution in [2.75, 3.05) is 13.1 Å². The number of unbranched alkanes of at least 4 members (excludes halogenated alkanes) is 2. The first-order valence-electron chi connectivity index (χ1n) is 7.34. The van der Waals surface area contributed by atoms with Gasteiger partial charge in [-0.05, 0) is 26.2 Å². The second-order valence-electron chi connectivity index (χ2n) is 6.04. The molecule has 1 atom stereocenters. The molecule has 0 saturated carbocycles. The Hall–Kier alpha value is -0.530. The smallest absolute Gasteiger partial charge is 0.105 e. The Morgan fingerprint density at radius 3 is 2.47 bits per heavy atom. The van der Waals surface area contributed by atoms with E-state index in [-0.39, 0.29) is 5.41 Å². The summed E-state index contributed by atoms with van der Waals surface area (Å²) in [6.45, 7) is 13.7. The number of rotatable bonds is 6. The Morgan fingerprint density at radius 2 is 1.88 bits per heavy atom. The van der Waals surface area contributed by atoms with Crippen LogP contribution >= 0.6 is 0 Å². The minimum Gasteiger partial charge on any atom is -0.357 e. The van der Waals surface area contributed by atoms with Gasteiger partial charge in [-0.1, -0.05) is 40.5 Å². The second kappa shape index (κ2) is 6.42. The van der Waals surface area contributed by atoms with Crippen LogP contribution in [0, 0.1) is 5.41 Å². The third-order valence-electron chi connectivity index (χ3n) is 3.74. The molecule has 1 fully saturated rings. The molecule has 1 heterocycles. The lowest BCUT2D eigenvalue weighted by Gasteiger charge is -2.26. The van der Waals surface area contributed by atoms with Crippen LogP contribution in [0.4, 0.5) is 0 Å². The molecule has 1 aliphatic heterocycles. The molecular formula is C15H30N2. The van der Waals surface area contributed by atoms with E-state index >= 15 is 0 Å². The molecule has 2 heteroatoms. The SMILES string of the molecule is CCCCN=C1N(CCCC)C(C)CC1(C)C. The van der Waals surface area contributed by atoms with Crippen molar-refractivity contribution in [2.24, 2.45) is 10.4 Å². The summed E-state index contributed by atoms with van der Waals surface area (Å²) < 4.78 is 0. The average molecular weight is 238 g/mol. The maximum Gasteiger partial charge on any atom is 0.105 e. The lowest BCUT2D eigenvalue weighted by atomic mass is 9.89. The molecule has 0 aromatic carbocycles. The molecule has 1 aliphatic rings. The van der Waals surface area contributed by atoms with Crippen molar-refractivity contribution in [3.63, 3.8) is 0 Å². The van der Waals surface area contributed by atoms with Crippen molar-refractivity contribution in [1.82, 2.24) is 4.90 Å². The van der Waals surface area contributed by atoms with Crippen LogP contribution in [0.15, 0.2) is 4.99 Å². The Balaban J connectivity index is 2.73. The molecular weight excluding hydrogens is 208 g/mol. The van der Waals surface area contributed by atoms with Gasteiger partial charge in [0.15, 0.2) is 0 Å². The third-order valence-corrected chi connectivity index (χ3v) is 3.74. The van der Waals surface area contributed by atoms with Crippen LogP contribution in [0.1, 0.15) is 66.7 Å². The third kappa shape index (κ3) is 3.72. The molecule has 0 spiro atoms. The fraction of sp³-hybridized carbons (Fsp3) is 0.933. The summed E-state index contributed by atoms with van der Waals surface area (Å²) in [5.41, 5.74) is 0.279. The number of amidine groups is 1. The zero-order valence-corrected chi connectivity index (χ0v) is 12.4. The number of nitrogens with zero attached hydrogens (tertiary/aromatic N) is 2. The van der Waals surface area contributed by atoms with Crippen LogP contribution in [-0.4, -0.2) is 29.9 Å². The monoisotopic (exact) mass is 238 g/mol. The molecule has 17 heavy (non-hydrogen) atoms. The Morgan fingerprint density at radius 1 is 1.24 bits per heavy atom. The van der Waals surface area contributed by atoms with Crippen LogP contribution in [0.3, 0.4) is 0 Å². The van der Waals surface area contributed by atoms with Crippen LogP contribution in [0.25, 0.3) is 0 Å². The van der Waals surface area contributed by atoms with Gasteiger partial charge in [-0.3, -0.25) is 4.99 Å². The van der Waals surface area contributed by atoms with Gasteiger partial charge in [-0.15, -0.1) is 0 Å². The molecule has 0 aromatic rings. The normalized spacial score (nSPS) is 25.8. The van der Waals surface area contributed by atoms with Crippen molar-refractivity contribution in [2.45, 2.75) is 72.8 Å². The number of hydrogen-bond acceptors (Lipinski definition) is 1. The van der Waals surface area contributed by atoms with Gasteiger partial charge >= 0.3 is 0 Å². The molecule has 1 saturated heterocycles. The summed E-state index contributed by atoms with van der Waals surface area (Å²) in [6.07, 6.45) is 6.26. The van der Waals surface area contributed by atoms with E-state index in [9.17, 15) is 0 Å². The molecule has 2 nitrogen and oxygen atoms in total. The lowest BCUT2D eigenvalue weighted by molar-refractivity contribution is 0.342. The highest BCUT2D eigenvalue weighted by molar-refractivity contribution is 5.90. The average Bonchev–Trinajstić information content (AvgIpc) is 2.47. The van der Waals surface area contributed by atoms with E-state index in [1.807, 2.05) is 0 Å². The topological polar surface area (TPSA) is 15.6 Å². The van der Waals surface area contributed by atoms with Crippen molar-refractivity contribution >= 4 is 5.84 Å². The van der Waals surface area contributed by atoms with Gasteiger partial charge in [-0.25, -0.2) is 0 Å². The molecule has 1 unspecified atom stereocenters. The molecule has 1 rings (SSSR count). The standard InChI is InChI=1S/C15H30N2/c1-6-8-10-16-14-15(4,5)12-13(3)17(14)11-9-7-2/h13H,6-12H2,1-5H3. The Labute approximate surface area is 107 Å². The van der Waals surface area contributed by atoms with E-state index < -0.39 is 0 Å². The maximum absolute atomic E-state index is 4.89. The van der Waals surface area contributed by atoms with E-state index in [2.05, 4.69) is 39.5 Å². The van der Waals surface area contributed by atoms with Gasteiger partial charge < -0.3 is 4.90 Å². The maximum atomic E-state index is 4.89. The minimum absolute atomic E-state index is 0.279. The van der Waals surface area contributed by atoms with Gasteiger partial charge in [0.05, 0.1) is 0 Å². The highest BCUT2D eigenvalue weighted by Crippen LogP contribution is 2.36. The summed E-state index contributed by atoms with van der Waals surface area (Å²) in [5.74, 6) is 1.37. The van der Waals surface area contributed by atoms with Gasteiger partial charge in [0, 0.05) is 24.5 Å². The number of likely N-dealkylation sites (tertiary alicyclic amines) is 1. The highest BCUT2D eigenvalue weighted by Gasteiger charge is 2.40. The quantitative estimate of drug-likeness (QED) is 0.636. The van der Waals surface area contributed by atoms with Crippen molar-refractivity contribution in [3.05, 3.63) is 0 Å². The van der Waals surface area contributed by atoms with Crippen LogP contribution < -0.4 is 0 Å². The highest BCUT2D eigenvalue weighted by atomic mass is 15.2. The summed E-state index contributed by atoms with van der Waals surface area (Å²) in [7, 11) is 0. The van der Waals surface area contributed by atoms with E-state index in [4.69, 9.17) is 4.99 Å². The first-order chi connectivity index (χ1) is 8.03. The number of aliphatic imine (C=N–C) groups is 1. The summed E-state index contributed by atoms with van der Waals surface area (Å²) in [6, 6.07) is 0.664. The summed E-state index contributed by atoms with van der Waals surface area (Å²) in [5, 5.41) is 0. The molecule has 100 valence electrons. The molecule has 0 N–H and O–H groups in total. The first-order valence-corrected chi connectivity index (χ1v) is 7.34. The Kier molecular flexibility index (Phi) is 5.48. The lowest BCUT2D eigenvalue weighted by Crippen LogP contribution is -2.35. The molecule has 0 aliphatic carbocycles. The van der Waals surface area contributed by atoms with E-state index in [0.717, 1.165) is 6.54 Å². The van der Waals surface area contributed by atoms with Crippen molar-refractivity contribution < 1.29 is 0 Å². The second-order valence-corrected chi connectivity index (χ2v) is 6.04. The fourth-order valence-corrected chi connectivity index (χ4v) is 2.84. The predicted octanol–water partition coefficient (Wildman–Crippen LogP) is 4.11. The van der Waals surface area contributed by atoms with E-state index in [1.165, 1.54) is 44.5 Å². The first kappa shape index (κ1) is 14.5. The minimum atomic E-state index is 0.279. The van der Waals surface area contributed by atoms with Gasteiger partial charge in [0.2, 0.25) is 0 Å². The molecule has 0 amide bonds. The molecule has 0 bridgehead atoms. The zero-order valence-electron chi connectivity index (χ0n) is 12.4.